The van der Waals surface area contributed by atoms with Gasteiger partial charge in [-0.25, -0.2) is 12.2 Å². The third-order valence-electron chi connectivity index (χ3n) is 6.16. The van der Waals surface area contributed by atoms with Gasteiger partial charge in [0.25, 0.3) is 0 Å². The topological polar surface area (TPSA) is 0 Å². The van der Waals surface area contributed by atoms with Gasteiger partial charge >= 0.3 is 137 Å². The molecule has 0 aromatic heterocycles. The predicted molar refractivity (Wildman–Crippen MR) is 156 cm³/mol. The number of hydrogen-bond donors (Lipinski definition) is 0. The van der Waals surface area contributed by atoms with Crippen molar-refractivity contribution in [2.75, 3.05) is 0 Å². The molecule has 216 valence electrons. The summed E-state index contributed by atoms with van der Waals surface area (Å²) in [5.41, 5.74) is 4.41. The van der Waals surface area contributed by atoms with Gasteiger partial charge in [-0.3, -0.25) is 6.08 Å². The number of benzene rings is 4. The Kier molecular flexibility index (Phi) is 13.2. The van der Waals surface area contributed by atoms with Crippen molar-refractivity contribution < 1.29 is 50.6 Å². The molecule has 0 saturated carbocycles. The van der Waals surface area contributed by atoms with Gasteiger partial charge in [0.1, 0.15) is 0 Å². The third-order valence-corrected chi connectivity index (χ3v) is 7.58. The van der Waals surface area contributed by atoms with Gasteiger partial charge in [-0.15, -0.1) is 36.8 Å². The molecule has 9 heteroatoms. The summed E-state index contributed by atoms with van der Waals surface area (Å²) in [6.45, 7) is 0. The maximum absolute atomic E-state index is 12.7. The number of rotatable bonds is 2. The second kappa shape index (κ2) is 15.7. The van der Waals surface area contributed by atoms with E-state index in [1.54, 1.807) is 0 Å². The molecule has 0 atom stereocenters. The molecule has 2 aliphatic rings. The van der Waals surface area contributed by atoms with E-state index in [1.807, 2.05) is 18.2 Å². The summed E-state index contributed by atoms with van der Waals surface area (Å²) in [5.74, 6) is 0. The Balaban J connectivity index is 0.000000258. The molecule has 0 fully saturated rings. The van der Waals surface area contributed by atoms with Crippen molar-refractivity contribution in [3.05, 3.63) is 155 Å². The monoisotopic (exact) mass is 694 g/mol. The van der Waals surface area contributed by atoms with Crippen LogP contribution in [0.4, 0.5) is 26.3 Å². The normalized spacial score (nSPS) is 12.4. The molecule has 4 aromatic carbocycles. The SMILES string of the molecule is Cl.Cl.FC(F)(F)c1cccc([C](=[Zr+2])c2cccc(C(F)(F)F)c2)c1.[C-]1=CC=CC1.[c-]1cccc2c1Cc1ccccc1-2. The summed E-state index contributed by atoms with van der Waals surface area (Å²) in [6.07, 6.45) is 2.08. The fourth-order valence-electron chi connectivity index (χ4n) is 4.21. The minimum Gasteiger partial charge on any atom is -0.273 e. The van der Waals surface area contributed by atoms with Crippen LogP contribution in [-0.4, -0.2) is 3.21 Å². The first-order valence-corrected chi connectivity index (χ1v) is 13.5. The van der Waals surface area contributed by atoms with E-state index in [2.05, 4.69) is 54.6 Å². The molecule has 6 rings (SSSR count). The molecular formula is C33H24Cl2F6Zr. The number of halogens is 8. The van der Waals surface area contributed by atoms with Crippen molar-refractivity contribution in [3.8, 4) is 11.1 Å². The van der Waals surface area contributed by atoms with Gasteiger partial charge < -0.3 is 0 Å². The van der Waals surface area contributed by atoms with Gasteiger partial charge in [0.15, 0.2) is 0 Å². The fourth-order valence-corrected chi connectivity index (χ4v) is 4.97. The molecule has 42 heavy (non-hydrogen) atoms. The summed E-state index contributed by atoms with van der Waals surface area (Å²) in [5, 5.41) is 0. The first kappa shape index (κ1) is 35.5. The molecule has 0 spiro atoms. The molecule has 0 unspecified atom stereocenters. The van der Waals surface area contributed by atoms with Gasteiger partial charge in [0, 0.05) is 0 Å². The number of hydrogen-bond acceptors (Lipinski definition) is 0. The van der Waals surface area contributed by atoms with Gasteiger partial charge in [-0.2, -0.15) is 35.9 Å². The first-order chi connectivity index (χ1) is 19.0. The Morgan fingerprint density at radius 1 is 0.690 bits per heavy atom. The maximum Gasteiger partial charge on any atom is -0.0253 e. The van der Waals surface area contributed by atoms with Crippen LogP contribution >= 0.6 is 24.8 Å². The summed E-state index contributed by atoms with van der Waals surface area (Å²) in [7, 11) is 0. The van der Waals surface area contributed by atoms with Crippen LogP contribution in [0.1, 0.15) is 39.8 Å². The zero-order valence-electron chi connectivity index (χ0n) is 21.9. The molecule has 0 bridgehead atoms. The zero-order chi connectivity index (χ0) is 28.8. The molecular weight excluding hydrogens is 672 g/mol. The Hall–Kier alpha value is -2.73. The smallest absolute Gasteiger partial charge is 0.0253 e. The van der Waals surface area contributed by atoms with E-state index in [-0.39, 0.29) is 35.9 Å². The maximum atomic E-state index is 12.7. The quantitative estimate of drug-likeness (QED) is 0.127. The van der Waals surface area contributed by atoms with Crippen LogP contribution in [-0.2, 0) is 43.0 Å². The summed E-state index contributed by atoms with van der Waals surface area (Å²) < 4.78 is 76.7. The van der Waals surface area contributed by atoms with E-state index in [0.29, 0.717) is 3.21 Å². The fraction of sp³-hybridized carbons (Fsp3) is 0.121. The van der Waals surface area contributed by atoms with Crippen LogP contribution in [0.5, 0.6) is 0 Å². The minimum absolute atomic E-state index is 0. The Labute approximate surface area is 268 Å². The van der Waals surface area contributed by atoms with Crippen molar-refractivity contribution >= 4 is 28.0 Å². The van der Waals surface area contributed by atoms with Crippen LogP contribution in [0.3, 0.4) is 0 Å². The molecule has 4 aromatic rings. The van der Waals surface area contributed by atoms with Gasteiger partial charge in [0.05, 0.1) is 0 Å². The molecule has 0 nitrogen and oxygen atoms in total. The van der Waals surface area contributed by atoms with Crippen molar-refractivity contribution in [3.63, 3.8) is 0 Å². The van der Waals surface area contributed by atoms with Crippen LogP contribution in [0.25, 0.3) is 11.1 Å². The largest absolute Gasteiger partial charge is 0.273 e. The summed E-state index contributed by atoms with van der Waals surface area (Å²) >= 11 is 0.729. The van der Waals surface area contributed by atoms with E-state index >= 15 is 0 Å². The molecule has 0 amide bonds. The number of allylic oxidation sites excluding steroid dienone is 4. The molecule has 0 radical (unpaired) electrons. The van der Waals surface area contributed by atoms with Crippen molar-refractivity contribution in [1.29, 1.82) is 0 Å². The van der Waals surface area contributed by atoms with Crippen LogP contribution in [0.15, 0.2) is 109 Å². The third kappa shape index (κ3) is 9.39. The van der Waals surface area contributed by atoms with E-state index in [1.165, 1.54) is 46.5 Å². The van der Waals surface area contributed by atoms with E-state index in [4.69, 9.17) is 0 Å². The van der Waals surface area contributed by atoms with Crippen LogP contribution in [0, 0.1) is 12.1 Å². The molecule has 0 heterocycles. The second-order valence-electron chi connectivity index (χ2n) is 8.93. The first-order valence-electron chi connectivity index (χ1n) is 12.3. The van der Waals surface area contributed by atoms with Gasteiger partial charge in [-0.05, 0) is 6.42 Å². The van der Waals surface area contributed by atoms with E-state index in [9.17, 15) is 26.3 Å². The molecule has 0 saturated heterocycles. The van der Waals surface area contributed by atoms with Crippen molar-refractivity contribution in [2.24, 2.45) is 0 Å². The van der Waals surface area contributed by atoms with Crippen LogP contribution < -0.4 is 0 Å². The second-order valence-corrected chi connectivity index (χ2v) is 10.2. The Morgan fingerprint density at radius 2 is 1.26 bits per heavy atom. The molecule has 2 aliphatic carbocycles. The van der Waals surface area contributed by atoms with Crippen molar-refractivity contribution in [2.45, 2.75) is 25.2 Å². The van der Waals surface area contributed by atoms with Crippen molar-refractivity contribution in [1.82, 2.24) is 0 Å². The summed E-state index contributed by atoms with van der Waals surface area (Å²) in [4.78, 5) is 0. The van der Waals surface area contributed by atoms with Gasteiger partial charge in [0.2, 0.25) is 0 Å². The molecule has 0 aliphatic heterocycles. The number of alkyl halides is 6. The predicted octanol–water partition coefficient (Wildman–Crippen LogP) is 10.0. The standard InChI is InChI=1S/C15H8F6.C13H9.C5H5.2ClH.Zr/c16-14(17,18)12-5-1-3-10(8-12)7-11-4-2-6-13(9-11)15(19,20)21;1-3-7-12-10(5-1)9-11-6-2-4-8-13(11)12;1-2-4-5-3-1;;;/h1-6,8-9H;1-5,7-8H,9H2;1-3H,4H2;2*1H;/q;2*-1;;;+2. The average molecular weight is 697 g/mol. The Bertz CT molecular complexity index is 1440. The van der Waals surface area contributed by atoms with Gasteiger partial charge in [-0.1, -0.05) is 35.4 Å². The average Bonchev–Trinajstić information content (AvgIpc) is 3.64. The molecule has 0 N–H and O–H groups in total. The Morgan fingerprint density at radius 3 is 1.76 bits per heavy atom. The summed E-state index contributed by atoms with van der Waals surface area (Å²) in [6, 6.07) is 27.3. The van der Waals surface area contributed by atoms with Crippen LogP contribution in [0.2, 0.25) is 0 Å². The van der Waals surface area contributed by atoms with E-state index in [0.717, 1.165) is 61.3 Å². The zero-order valence-corrected chi connectivity index (χ0v) is 26.0. The van der Waals surface area contributed by atoms with E-state index < -0.39 is 23.5 Å². The minimum atomic E-state index is -4.49. The number of fused-ring (bicyclic) bond motifs is 3.